The van der Waals surface area contributed by atoms with Gasteiger partial charge in [0, 0.05) is 19.7 Å². The Morgan fingerprint density at radius 3 is 2.62 bits per heavy atom. The first-order valence-corrected chi connectivity index (χ1v) is 11.3. The fourth-order valence-electron chi connectivity index (χ4n) is 4.22. The largest absolute Gasteiger partial charge is 0.482 e. The number of fused-ring (bicyclic) bond motifs is 1. The van der Waals surface area contributed by atoms with Crippen molar-refractivity contribution < 1.29 is 14.3 Å². The molecule has 9 heteroatoms. The molecule has 2 aliphatic rings. The molecule has 1 saturated heterocycles. The molecular formula is C23H24BCl2N3O3. The summed E-state index contributed by atoms with van der Waals surface area (Å²) in [4.78, 5) is 31.4. The number of anilines is 1. The van der Waals surface area contributed by atoms with Gasteiger partial charge >= 0.3 is 0 Å². The molecule has 2 heterocycles. The van der Waals surface area contributed by atoms with E-state index in [1.165, 1.54) is 4.90 Å². The van der Waals surface area contributed by atoms with E-state index >= 15 is 0 Å². The van der Waals surface area contributed by atoms with E-state index in [4.69, 9.17) is 35.8 Å². The van der Waals surface area contributed by atoms with E-state index in [0.29, 0.717) is 33.5 Å². The number of carbonyl (C=O) groups is 2. The molecular weight excluding hydrogens is 448 g/mol. The Hall–Kier alpha value is -2.22. The third-order valence-electron chi connectivity index (χ3n) is 6.02. The van der Waals surface area contributed by atoms with Gasteiger partial charge in [0.2, 0.25) is 5.91 Å². The quantitative estimate of drug-likeness (QED) is 0.608. The summed E-state index contributed by atoms with van der Waals surface area (Å²) in [5.41, 5.74) is 2.06. The zero-order valence-corrected chi connectivity index (χ0v) is 19.4. The van der Waals surface area contributed by atoms with Crippen molar-refractivity contribution in [3.63, 3.8) is 0 Å². The third-order valence-corrected chi connectivity index (χ3v) is 6.75. The van der Waals surface area contributed by atoms with Crippen LogP contribution in [0.2, 0.25) is 10.0 Å². The summed E-state index contributed by atoms with van der Waals surface area (Å²) in [5.74, 6) is -0.0690. The number of ether oxygens (including phenoxy) is 1. The van der Waals surface area contributed by atoms with Crippen molar-refractivity contribution in [3.8, 4) is 5.75 Å². The molecule has 2 aliphatic heterocycles. The second-order valence-electron chi connectivity index (χ2n) is 8.20. The molecule has 1 fully saturated rings. The van der Waals surface area contributed by atoms with E-state index in [-0.39, 0.29) is 31.0 Å². The number of amides is 2. The van der Waals surface area contributed by atoms with Gasteiger partial charge in [-0.25, -0.2) is 0 Å². The average Bonchev–Trinajstić information content (AvgIpc) is 3.28. The lowest BCUT2D eigenvalue weighted by Gasteiger charge is -2.35. The molecule has 0 bridgehead atoms. The minimum atomic E-state index is -0.308. The standard InChI is InChI=1S/C23H24BCl2N3O3/c1-27(20(12-28-7-2-3-8-28)15-5-4-6-16(24)9-15)22(30)13-29-19-10-17(25)18(26)11-21(19)32-14-23(29)31/h4-6,9-11,20H,2-3,7-8,12-14H2,1H3. The molecule has 1 unspecified atom stereocenters. The Kier molecular flexibility index (Phi) is 6.98. The molecule has 2 radical (unpaired) electrons. The van der Waals surface area contributed by atoms with E-state index in [1.54, 1.807) is 24.1 Å². The smallest absolute Gasteiger partial charge is 0.265 e. The Balaban J connectivity index is 1.58. The fourth-order valence-corrected chi connectivity index (χ4v) is 4.53. The predicted molar refractivity (Wildman–Crippen MR) is 127 cm³/mol. The summed E-state index contributed by atoms with van der Waals surface area (Å²) in [6.45, 7) is 2.45. The highest BCUT2D eigenvalue weighted by molar-refractivity contribution is 6.42. The van der Waals surface area contributed by atoms with Gasteiger partial charge in [0.15, 0.2) is 6.61 Å². The zero-order chi connectivity index (χ0) is 22.8. The summed E-state index contributed by atoms with van der Waals surface area (Å²) in [6.07, 6.45) is 2.31. The van der Waals surface area contributed by atoms with Crippen LogP contribution in [-0.2, 0) is 9.59 Å². The number of benzene rings is 2. The monoisotopic (exact) mass is 471 g/mol. The first-order chi connectivity index (χ1) is 15.3. The Morgan fingerprint density at radius 1 is 1.19 bits per heavy atom. The van der Waals surface area contributed by atoms with Gasteiger partial charge in [-0.3, -0.25) is 14.5 Å². The maximum Gasteiger partial charge on any atom is 0.265 e. The summed E-state index contributed by atoms with van der Waals surface area (Å²) >= 11 is 12.2. The lowest BCUT2D eigenvalue weighted by atomic mass is 9.92. The van der Waals surface area contributed by atoms with Crippen LogP contribution in [0.5, 0.6) is 5.75 Å². The summed E-state index contributed by atoms with van der Waals surface area (Å²) < 4.78 is 5.48. The molecule has 0 saturated carbocycles. The number of nitrogens with zero attached hydrogens (tertiary/aromatic N) is 3. The van der Waals surface area contributed by atoms with Gasteiger partial charge in [0.05, 0.1) is 21.8 Å². The van der Waals surface area contributed by atoms with Crippen LogP contribution in [0.4, 0.5) is 5.69 Å². The van der Waals surface area contributed by atoms with E-state index in [1.807, 2.05) is 24.3 Å². The normalized spacial score (nSPS) is 17.1. The van der Waals surface area contributed by atoms with Crippen molar-refractivity contribution >= 4 is 54.0 Å². The minimum Gasteiger partial charge on any atom is -0.482 e. The molecule has 0 N–H and O–H groups in total. The first-order valence-electron chi connectivity index (χ1n) is 10.6. The topological polar surface area (TPSA) is 53.1 Å². The van der Waals surface area contributed by atoms with Crippen molar-refractivity contribution in [2.75, 3.05) is 44.7 Å². The lowest BCUT2D eigenvalue weighted by molar-refractivity contribution is -0.133. The van der Waals surface area contributed by atoms with E-state index in [2.05, 4.69) is 4.90 Å². The van der Waals surface area contributed by atoms with Gasteiger partial charge < -0.3 is 14.5 Å². The molecule has 32 heavy (non-hydrogen) atoms. The molecule has 0 aromatic heterocycles. The second-order valence-corrected chi connectivity index (χ2v) is 9.02. The number of hydrogen-bond donors (Lipinski definition) is 0. The Bertz CT molecular complexity index is 1030. The van der Waals surface area contributed by atoms with Gasteiger partial charge in [-0.1, -0.05) is 52.9 Å². The molecule has 2 aromatic carbocycles. The number of likely N-dealkylation sites (tertiary alicyclic amines) is 1. The van der Waals surface area contributed by atoms with E-state index in [9.17, 15) is 9.59 Å². The van der Waals surface area contributed by atoms with Crippen LogP contribution in [0, 0.1) is 0 Å². The molecule has 166 valence electrons. The molecule has 0 aliphatic carbocycles. The predicted octanol–water partition coefficient (Wildman–Crippen LogP) is 2.81. The van der Waals surface area contributed by atoms with Crippen molar-refractivity contribution in [2.45, 2.75) is 18.9 Å². The molecule has 4 rings (SSSR count). The van der Waals surface area contributed by atoms with Crippen LogP contribution in [0.3, 0.4) is 0 Å². The fraction of sp³-hybridized carbons (Fsp3) is 0.391. The highest BCUT2D eigenvalue weighted by Crippen LogP contribution is 2.39. The van der Waals surface area contributed by atoms with Gasteiger partial charge in [-0.15, -0.1) is 0 Å². The summed E-state index contributed by atoms with van der Waals surface area (Å²) in [6, 6.07) is 10.6. The first kappa shape index (κ1) is 23.0. The van der Waals surface area contributed by atoms with Crippen molar-refractivity contribution in [1.82, 2.24) is 9.80 Å². The Morgan fingerprint density at radius 2 is 1.91 bits per heavy atom. The van der Waals surface area contributed by atoms with Crippen LogP contribution >= 0.6 is 23.2 Å². The van der Waals surface area contributed by atoms with Crippen molar-refractivity contribution in [3.05, 3.63) is 52.0 Å². The summed E-state index contributed by atoms with van der Waals surface area (Å²) in [7, 11) is 7.79. The van der Waals surface area contributed by atoms with Crippen LogP contribution in [-0.4, -0.2) is 69.3 Å². The van der Waals surface area contributed by atoms with Gasteiger partial charge in [0.1, 0.15) is 20.1 Å². The van der Waals surface area contributed by atoms with Crippen LogP contribution < -0.4 is 15.1 Å². The van der Waals surface area contributed by atoms with E-state index in [0.717, 1.165) is 31.5 Å². The van der Waals surface area contributed by atoms with Crippen LogP contribution in [0.25, 0.3) is 0 Å². The molecule has 1 atom stereocenters. The number of hydrogen-bond acceptors (Lipinski definition) is 4. The number of rotatable bonds is 6. The maximum absolute atomic E-state index is 13.4. The van der Waals surface area contributed by atoms with Gasteiger partial charge in [-0.2, -0.15) is 0 Å². The van der Waals surface area contributed by atoms with E-state index < -0.39 is 0 Å². The van der Waals surface area contributed by atoms with Crippen molar-refractivity contribution in [2.24, 2.45) is 0 Å². The van der Waals surface area contributed by atoms with Gasteiger partial charge in [0.25, 0.3) is 5.91 Å². The third kappa shape index (κ3) is 4.90. The molecule has 2 amide bonds. The SMILES string of the molecule is [B]c1cccc(C(CN2CCCC2)N(C)C(=O)CN2C(=O)COc3cc(Cl)c(Cl)cc32)c1. The average molecular weight is 472 g/mol. The molecule has 6 nitrogen and oxygen atoms in total. The summed E-state index contributed by atoms with van der Waals surface area (Å²) in [5, 5.41) is 0.622. The number of carbonyl (C=O) groups excluding carboxylic acids is 2. The molecule has 2 aromatic rings. The number of likely N-dealkylation sites (N-methyl/N-ethyl adjacent to an activating group) is 1. The highest BCUT2D eigenvalue weighted by Gasteiger charge is 2.32. The second kappa shape index (κ2) is 9.73. The molecule has 0 spiro atoms. The number of halogens is 2. The highest BCUT2D eigenvalue weighted by atomic mass is 35.5. The van der Waals surface area contributed by atoms with Crippen molar-refractivity contribution in [1.29, 1.82) is 0 Å². The Labute approximate surface area is 199 Å². The maximum atomic E-state index is 13.4. The minimum absolute atomic E-state index is 0.123. The van der Waals surface area contributed by atoms with Crippen LogP contribution in [0.1, 0.15) is 24.4 Å². The zero-order valence-electron chi connectivity index (χ0n) is 17.9. The lowest BCUT2D eigenvalue weighted by Crippen LogP contribution is -2.47. The van der Waals surface area contributed by atoms with Gasteiger partial charge in [-0.05, 0) is 37.6 Å². The van der Waals surface area contributed by atoms with Crippen LogP contribution in [0.15, 0.2) is 36.4 Å².